The number of rotatable bonds is 3. The molecule has 5 nitrogen and oxygen atoms in total. The summed E-state index contributed by atoms with van der Waals surface area (Å²) in [4.78, 5) is 21.6. The first-order chi connectivity index (χ1) is 7.90. The Hall–Kier alpha value is -1.75. The van der Waals surface area contributed by atoms with Gasteiger partial charge in [-0.3, -0.25) is 4.79 Å². The number of aliphatic carboxylic acids is 1. The number of carbonyl (C=O) groups is 2. The van der Waals surface area contributed by atoms with E-state index in [1.54, 1.807) is 6.07 Å². The molecule has 0 unspecified atom stereocenters. The zero-order chi connectivity index (χ0) is 13.0. The largest absolute Gasteiger partial charge is 0.480 e. The lowest BCUT2D eigenvalue weighted by atomic mass is 10.1. The van der Waals surface area contributed by atoms with E-state index in [1.807, 2.05) is 19.9 Å². The lowest BCUT2D eigenvalue weighted by molar-refractivity contribution is -0.135. The van der Waals surface area contributed by atoms with Crippen LogP contribution in [0.1, 0.15) is 11.1 Å². The molecule has 0 fully saturated rings. The van der Waals surface area contributed by atoms with Crippen LogP contribution >= 0.6 is 11.6 Å². The molecule has 1 aromatic carbocycles. The third kappa shape index (κ3) is 3.96. The molecule has 0 radical (unpaired) electrons. The molecule has 0 aliphatic carbocycles. The average molecular weight is 257 g/mol. The predicted molar refractivity (Wildman–Crippen MR) is 65.6 cm³/mol. The van der Waals surface area contributed by atoms with Crippen LogP contribution in [-0.2, 0) is 4.79 Å². The zero-order valence-electron chi connectivity index (χ0n) is 9.50. The fraction of sp³-hybridized carbons (Fsp3) is 0.273. The molecule has 0 aromatic heterocycles. The molecule has 6 heteroatoms. The molecule has 0 bridgehead atoms. The molecule has 0 saturated heterocycles. The minimum absolute atomic E-state index is 0.424. The van der Waals surface area contributed by atoms with Crippen LogP contribution < -0.4 is 10.6 Å². The smallest absolute Gasteiger partial charge is 0.323 e. The Morgan fingerprint density at radius 2 is 2.00 bits per heavy atom. The van der Waals surface area contributed by atoms with E-state index < -0.39 is 18.5 Å². The molecule has 2 amide bonds. The van der Waals surface area contributed by atoms with E-state index in [-0.39, 0.29) is 0 Å². The quantitative estimate of drug-likeness (QED) is 0.775. The monoisotopic (exact) mass is 256 g/mol. The molecule has 0 aliphatic rings. The van der Waals surface area contributed by atoms with Gasteiger partial charge in [-0.25, -0.2) is 4.79 Å². The Bertz CT molecular complexity index is 437. The number of benzene rings is 1. The van der Waals surface area contributed by atoms with Crippen molar-refractivity contribution in [1.82, 2.24) is 5.32 Å². The Labute approximate surface area is 104 Å². The summed E-state index contributed by atoms with van der Waals surface area (Å²) in [5.41, 5.74) is 2.30. The summed E-state index contributed by atoms with van der Waals surface area (Å²) >= 11 is 5.98. The molecule has 3 N–H and O–H groups in total. The molecule has 0 atom stereocenters. The summed E-state index contributed by atoms with van der Waals surface area (Å²) in [5, 5.41) is 13.5. The normalized spacial score (nSPS) is 9.82. The number of urea groups is 1. The number of hydrogen-bond donors (Lipinski definition) is 3. The summed E-state index contributed by atoms with van der Waals surface area (Å²) in [6, 6.07) is 3.00. The van der Waals surface area contributed by atoms with Crippen LogP contribution in [0, 0.1) is 13.8 Å². The van der Waals surface area contributed by atoms with Gasteiger partial charge in [0, 0.05) is 0 Å². The van der Waals surface area contributed by atoms with Gasteiger partial charge >= 0.3 is 12.0 Å². The second-order valence-electron chi connectivity index (χ2n) is 3.64. The number of hydrogen-bond acceptors (Lipinski definition) is 2. The topological polar surface area (TPSA) is 78.4 Å². The highest BCUT2D eigenvalue weighted by Crippen LogP contribution is 2.27. The molecule has 0 spiro atoms. The van der Waals surface area contributed by atoms with E-state index in [9.17, 15) is 9.59 Å². The number of amides is 2. The summed E-state index contributed by atoms with van der Waals surface area (Å²) < 4.78 is 0. The van der Waals surface area contributed by atoms with Crippen molar-refractivity contribution in [2.75, 3.05) is 11.9 Å². The van der Waals surface area contributed by atoms with Crippen LogP contribution in [0.3, 0.4) is 0 Å². The molecular weight excluding hydrogens is 244 g/mol. The number of anilines is 1. The van der Waals surface area contributed by atoms with Crippen LogP contribution in [0.25, 0.3) is 0 Å². The SMILES string of the molecule is Cc1cc(C)c(NC(=O)NCC(=O)O)c(Cl)c1. The summed E-state index contributed by atoms with van der Waals surface area (Å²) in [6.45, 7) is 3.27. The summed E-state index contributed by atoms with van der Waals surface area (Å²) in [7, 11) is 0. The first-order valence-corrected chi connectivity index (χ1v) is 5.31. The fourth-order valence-corrected chi connectivity index (χ4v) is 1.76. The third-order valence-electron chi connectivity index (χ3n) is 2.07. The Morgan fingerprint density at radius 1 is 1.35 bits per heavy atom. The highest BCUT2D eigenvalue weighted by Gasteiger charge is 2.09. The summed E-state index contributed by atoms with van der Waals surface area (Å²) in [5.74, 6) is -1.10. The third-order valence-corrected chi connectivity index (χ3v) is 2.37. The van der Waals surface area contributed by atoms with Crippen molar-refractivity contribution in [2.24, 2.45) is 0 Å². The number of aryl methyl sites for hydroxylation is 2. The van der Waals surface area contributed by atoms with Gasteiger partial charge in [0.1, 0.15) is 6.54 Å². The van der Waals surface area contributed by atoms with E-state index in [4.69, 9.17) is 16.7 Å². The van der Waals surface area contributed by atoms with Gasteiger partial charge in [-0.2, -0.15) is 0 Å². The minimum Gasteiger partial charge on any atom is -0.480 e. The molecule has 0 heterocycles. The van der Waals surface area contributed by atoms with Gasteiger partial charge in [0.15, 0.2) is 0 Å². The number of nitrogens with one attached hydrogen (secondary N) is 2. The van der Waals surface area contributed by atoms with E-state index in [2.05, 4.69) is 10.6 Å². The van der Waals surface area contributed by atoms with Gasteiger partial charge in [-0.1, -0.05) is 17.7 Å². The molecule has 17 heavy (non-hydrogen) atoms. The Balaban J connectivity index is 2.75. The van der Waals surface area contributed by atoms with Gasteiger partial charge in [0.05, 0.1) is 10.7 Å². The van der Waals surface area contributed by atoms with Crippen LogP contribution in [0.15, 0.2) is 12.1 Å². The molecule has 92 valence electrons. The maximum atomic E-state index is 11.4. The van der Waals surface area contributed by atoms with Crippen LogP contribution in [0.2, 0.25) is 5.02 Å². The summed E-state index contributed by atoms with van der Waals surface area (Å²) in [6.07, 6.45) is 0. The van der Waals surface area contributed by atoms with Gasteiger partial charge in [0.25, 0.3) is 0 Å². The van der Waals surface area contributed by atoms with Crippen molar-refractivity contribution in [2.45, 2.75) is 13.8 Å². The molecule has 0 aliphatic heterocycles. The standard InChI is InChI=1S/C11H13ClN2O3/c1-6-3-7(2)10(8(12)4-6)14-11(17)13-5-9(15)16/h3-4H,5H2,1-2H3,(H,15,16)(H2,13,14,17). The second-order valence-corrected chi connectivity index (χ2v) is 4.05. The number of carbonyl (C=O) groups excluding carboxylic acids is 1. The van der Waals surface area contributed by atoms with Crippen molar-refractivity contribution in [3.05, 3.63) is 28.3 Å². The highest BCUT2D eigenvalue weighted by atomic mass is 35.5. The fourth-order valence-electron chi connectivity index (χ4n) is 1.39. The van der Waals surface area contributed by atoms with Gasteiger partial charge in [-0.05, 0) is 31.0 Å². The number of carboxylic acid groups (broad SMARTS) is 1. The number of carboxylic acids is 1. The molecule has 1 rings (SSSR count). The average Bonchev–Trinajstić information content (AvgIpc) is 2.20. The van der Waals surface area contributed by atoms with Crippen LogP contribution in [-0.4, -0.2) is 23.7 Å². The highest BCUT2D eigenvalue weighted by molar-refractivity contribution is 6.34. The maximum Gasteiger partial charge on any atom is 0.323 e. The van der Waals surface area contributed by atoms with Gasteiger partial charge in [-0.15, -0.1) is 0 Å². The van der Waals surface area contributed by atoms with E-state index in [0.29, 0.717) is 10.7 Å². The van der Waals surface area contributed by atoms with Crippen molar-refractivity contribution >= 4 is 29.3 Å². The van der Waals surface area contributed by atoms with Crippen molar-refractivity contribution in [3.63, 3.8) is 0 Å². The zero-order valence-corrected chi connectivity index (χ0v) is 10.3. The van der Waals surface area contributed by atoms with Crippen molar-refractivity contribution < 1.29 is 14.7 Å². The Kier molecular flexibility index (Phi) is 4.34. The predicted octanol–water partition coefficient (Wildman–Crippen LogP) is 2.16. The van der Waals surface area contributed by atoms with Crippen molar-refractivity contribution in [3.8, 4) is 0 Å². The van der Waals surface area contributed by atoms with Gasteiger partial charge < -0.3 is 15.7 Å². The first-order valence-electron chi connectivity index (χ1n) is 4.93. The molecular formula is C11H13ClN2O3. The van der Waals surface area contributed by atoms with Gasteiger partial charge in [0.2, 0.25) is 0 Å². The van der Waals surface area contributed by atoms with Crippen LogP contribution in [0.5, 0.6) is 0 Å². The minimum atomic E-state index is -1.10. The lowest BCUT2D eigenvalue weighted by Crippen LogP contribution is -2.33. The maximum absolute atomic E-state index is 11.4. The van der Waals surface area contributed by atoms with Crippen LogP contribution in [0.4, 0.5) is 10.5 Å². The van der Waals surface area contributed by atoms with E-state index in [0.717, 1.165) is 11.1 Å². The first kappa shape index (κ1) is 13.3. The molecule has 1 aromatic rings. The Morgan fingerprint density at radius 3 is 2.53 bits per heavy atom. The second kappa shape index (κ2) is 5.54. The van der Waals surface area contributed by atoms with E-state index >= 15 is 0 Å². The number of halogens is 1. The lowest BCUT2D eigenvalue weighted by Gasteiger charge is -2.11. The molecule has 0 saturated carbocycles. The van der Waals surface area contributed by atoms with E-state index in [1.165, 1.54) is 0 Å². The van der Waals surface area contributed by atoms with Crippen molar-refractivity contribution in [1.29, 1.82) is 0 Å².